The molecule has 0 N–H and O–H groups in total. The molecule has 2 saturated heterocycles. The first-order valence-electron chi connectivity index (χ1n) is 4.68. The monoisotopic (exact) mass is 186 g/mol. The second kappa shape index (κ2) is 3.27. The van der Waals surface area contributed by atoms with E-state index in [4.69, 9.17) is 14.2 Å². The molecule has 13 heavy (non-hydrogen) atoms. The molecule has 2 atom stereocenters. The Morgan fingerprint density at radius 3 is 2.85 bits per heavy atom. The fraction of sp³-hybridized carbons (Fsp3) is 0.889. The van der Waals surface area contributed by atoms with E-state index >= 15 is 0 Å². The van der Waals surface area contributed by atoms with Crippen molar-refractivity contribution >= 4 is 5.97 Å². The summed E-state index contributed by atoms with van der Waals surface area (Å²) < 4.78 is 15.5. The average molecular weight is 186 g/mol. The van der Waals surface area contributed by atoms with Gasteiger partial charge in [-0.2, -0.15) is 0 Å². The SMILES string of the molecule is CCOC(=O)[C@@H]1CC[C@@]2(CO1)CO2. The largest absolute Gasteiger partial charge is 0.464 e. The highest BCUT2D eigenvalue weighted by Crippen LogP contribution is 2.37. The number of ether oxygens (including phenoxy) is 3. The molecule has 2 heterocycles. The molecule has 2 aliphatic rings. The highest BCUT2D eigenvalue weighted by molar-refractivity contribution is 5.74. The summed E-state index contributed by atoms with van der Waals surface area (Å²) >= 11 is 0. The zero-order valence-corrected chi connectivity index (χ0v) is 7.75. The quantitative estimate of drug-likeness (QED) is 0.465. The normalized spacial score (nSPS) is 37.5. The Balaban J connectivity index is 1.80. The van der Waals surface area contributed by atoms with E-state index in [1.807, 2.05) is 0 Å². The molecule has 0 radical (unpaired) electrons. The van der Waals surface area contributed by atoms with Crippen molar-refractivity contribution < 1.29 is 19.0 Å². The first kappa shape index (κ1) is 8.97. The van der Waals surface area contributed by atoms with E-state index in [9.17, 15) is 4.79 Å². The van der Waals surface area contributed by atoms with Gasteiger partial charge in [-0.3, -0.25) is 0 Å². The van der Waals surface area contributed by atoms with Crippen molar-refractivity contribution in [1.29, 1.82) is 0 Å². The van der Waals surface area contributed by atoms with Crippen molar-refractivity contribution in [2.24, 2.45) is 0 Å². The summed E-state index contributed by atoms with van der Waals surface area (Å²) in [5, 5.41) is 0. The van der Waals surface area contributed by atoms with Crippen LogP contribution in [0, 0.1) is 0 Å². The van der Waals surface area contributed by atoms with E-state index in [0.717, 1.165) is 19.4 Å². The summed E-state index contributed by atoms with van der Waals surface area (Å²) in [5.41, 5.74) is -0.0387. The second-order valence-corrected chi connectivity index (χ2v) is 3.56. The van der Waals surface area contributed by atoms with Gasteiger partial charge in [0.2, 0.25) is 0 Å². The first-order valence-corrected chi connectivity index (χ1v) is 4.68. The first-order chi connectivity index (χ1) is 6.26. The minimum absolute atomic E-state index is 0.0387. The van der Waals surface area contributed by atoms with Crippen LogP contribution in [0.2, 0.25) is 0 Å². The lowest BCUT2D eigenvalue weighted by Crippen LogP contribution is -2.37. The molecular weight excluding hydrogens is 172 g/mol. The molecule has 74 valence electrons. The summed E-state index contributed by atoms with van der Waals surface area (Å²) in [7, 11) is 0. The van der Waals surface area contributed by atoms with Crippen LogP contribution in [0.25, 0.3) is 0 Å². The standard InChI is InChI=1S/C9H14O4/c1-2-11-8(10)7-3-4-9(5-12-7)6-13-9/h7H,2-6H2,1H3/t7-,9+/m0/s1. The third kappa shape index (κ3) is 1.84. The summed E-state index contributed by atoms with van der Waals surface area (Å²) in [5.74, 6) is -0.238. The fourth-order valence-electron chi connectivity index (χ4n) is 1.55. The minimum Gasteiger partial charge on any atom is -0.464 e. The Morgan fingerprint density at radius 2 is 2.38 bits per heavy atom. The summed E-state index contributed by atoms with van der Waals surface area (Å²) in [6, 6.07) is 0. The summed E-state index contributed by atoms with van der Waals surface area (Å²) in [6.07, 6.45) is 1.27. The van der Waals surface area contributed by atoms with Crippen molar-refractivity contribution in [3.05, 3.63) is 0 Å². The number of hydrogen-bond donors (Lipinski definition) is 0. The lowest BCUT2D eigenvalue weighted by molar-refractivity contribution is -0.162. The Labute approximate surface area is 77.1 Å². The summed E-state index contributed by atoms with van der Waals surface area (Å²) in [6.45, 7) is 3.53. The number of rotatable bonds is 2. The van der Waals surface area contributed by atoms with Crippen molar-refractivity contribution in [3.63, 3.8) is 0 Å². The van der Waals surface area contributed by atoms with Gasteiger partial charge in [-0.05, 0) is 19.8 Å². The van der Waals surface area contributed by atoms with Crippen molar-refractivity contribution in [1.82, 2.24) is 0 Å². The molecule has 0 saturated carbocycles. The smallest absolute Gasteiger partial charge is 0.335 e. The van der Waals surface area contributed by atoms with Gasteiger partial charge in [0.25, 0.3) is 0 Å². The Bertz CT molecular complexity index is 200. The third-order valence-electron chi connectivity index (χ3n) is 2.51. The van der Waals surface area contributed by atoms with Gasteiger partial charge >= 0.3 is 5.97 Å². The van der Waals surface area contributed by atoms with Gasteiger partial charge in [0, 0.05) is 0 Å². The Morgan fingerprint density at radius 1 is 1.62 bits per heavy atom. The van der Waals surface area contributed by atoms with Crippen molar-refractivity contribution in [2.75, 3.05) is 19.8 Å². The highest BCUT2D eigenvalue weighted by Gasteiger charge is 2.49. The molecule has 4 heteroatoms. The Hall–Kier alpha value is -0.610. The van der Waals surface area contributed by atoms with Crippen LogP contribution in [0.15, 0.2) is 0 Å². The van der Waals surface area contributed by atoms with Crippen LogP contribution in [0.3, 0.4) is 0 Å². The van der Waals surface area contributed by atoms with E-state index in [0.29, 0.717) is 13.2 Å². The van der Waals surface area contributed by atoms with Crippen LogP contribution in [0.1, 0.15) is 19.8 Å². The van der Waals surface area contributed by atoms with E-state index in [1.165, 1.54) is 0 Å². The fourth-order valence-corrected chi connectivity index (χ4v) is 1.55. The van der Waals surface area contributed by atoms with Crippen LogP contribution in [0.4, 0.5) is 0 Å². The van der Waals surface area contributed by atoms with Gasteiger partial charge in [0.1, 0.15) is 5.60 Å². The molecule has 0 aromatic rings. The molecule has 0 amide bonds. The number of hydrogen-bond acceptors (Lipinski definition) is 4. The number of carbonyl (C=O) groups is 1. The maximum atomic E-state index is 11.2. The molecule has 1 spiro atoms. The lowest BCUT2D eigenvalue weighted by Gasteiger charge is -2.25. The van der Waals surface area contributed by atoms with Crippen LogP contribution in [0.5, 0.6) is 0 Å². The predicted molar refractivity (Wildman–Crippen MR) is 44.3 cm³/mol. The molecule has 2 fully saturated rings. The van der Waals surface area contributed by atoms with E-state index in [1.54, 1.807) is 6.92 Å². The molecule has 0 aromatic carbocycles. The van der Waals surface area contributed by atoms with Gasteiger partial charge < -0.3 is 14.2 Å². The number of esters is 1. The van der Waals surface area contributed by atoms with Gasteiger partial charge in [-0.25, -0.2) is 4.79 Å². The Kier molecular flexibility index (Phi) is 2.26. The molecule has 2 aliphatic heterocycles. The highest BCUT2D eigenvalue weighted by atomic mass is 16.6. The van der Waals surface area contributed by atoms with Gasteiger partial charge in [0.05, 0.1) is 19.8 Å². The van der Waals surface area contributed by atoms with E-state index in [-0.39, 0.29) is 17.7 Å². The van der Waals surface area contributed by atoms with E-state index in [2.05, 4.69) is 0 Å². The minimum atomic E-state index is -0.366. The van der Waals surface area contributed by atoms with Crippen molar-refractivity contribution in [3.8, 4) is 0 Å². The van der Waals surface area contributed by atoms with Crippen LogP contribution >= 0.6 is 0 Å². The number of epoxide rings is 1. The van der Waals surface area contributed by atoms with Gasteiger partial charge in [0.15, 0.2) is 6.10 Å². The van der Waals surface area contributed by atoms with Gasteiger partial charge in [-0.15, -0.1) is 0 Å². The summed E-state index contributed by atoms with van der Waals surface area (Å²) in [4.78, 5) is 11.2. The van der Waals surface area contributed by atoms with Crippen LogP contribution in [-0.4, -0.2) is 37.5 Å². The molecule has 2 rings (SSSR count). The third-order valence-corrected chi connectivity index (χ3v) is 2.51. The zero-order valence-electron chi connectivity index (χ0n) is 7.75. The number of carbonyl (C=O) groups excluding carboxylic acids is 1. The zero-order chi connectivity index (χ0) is 9.31. The molecule has 0 bridgehead atoms. The molecular formula is C9H14O4. The van der Waals surface area contributed by atoms with Crippen LogP contribution in [-0.2, 0) is 19.0 Å². The topological polar surface area (TPSA) is 48.1 Å². The predicted octanol–water partition coefficient (Wildman–Crippen LogP) is 0.497. The maximum absolute atomic E-state index is 11.2. The lowest BCUT2D eigenvalue weighted by atomic mass is 9.99. The van der Waals surface area contributed by atoms with Gasteiger partial charge in [-0.1, -0.05) is 0 Å². The van der Waals surface area contributed by atoms with Crippen LogP contribution < -0.4 is 0 Å². The maximum Gasteiger partial charge on any atom is 0.335 e. The molecule has 0 aliphatic carbocycles. The molecule has 0 unspecified atom stereocenters. The second-order valence-electron chi connectivity index (χ2n) is 3.56. The molecule has 4 nitrogen and oxygen atoms in total. The molecule has 0 aromatic heterocycles. The van der Waals surface area contributed by atoms with Crippen molar-refractivity contribution in [2.45, 2.75) is 31.5 Å². The van der Waals surface area contributed by atoms with E-state index < -0.39 is 0 Å². The average Bonchev–Trinajstić information content (AvgIpc) is 2.87.